The maximum atomic E-state index is 13.4. The van der Waals surface area contributed by atoms with Gasteiger partial charge < -0.3 is 25.0 Å². The van der Waals surface area contributed by atoms with Gasteiger partial charge in [0.05, 0.1) is 11.4 Å². The number of phenols is 1. The van der Waals surface area contributed by atoms with Crippen molar-refractivity contribution < 1.29 is 19.4 Å². The topological polar surface area (TPSA) is 107 Å². The average Bonchev–Trinajstić information content (AvgIpc) is 2.84. The molecule has 1 saturated heterocycles. The highest BCUT2D eigenvalue weighted by Crippen LogP contribution is 2.27. The van der Waals surface area contributed by atoms with E-state index in [-0.39, 0.29) is 17.4 Å². The number of pyridine rings is 1. The summed E-state index contributed by atoms with van der Waals surface area (Å²) in [5.41, 5.74) is 1.40. The van der Waals surface area contributed by atoms with Crippen molar-refractivity contribution in [1.82, 2.24) is 9.88 Å². The molecular formula is C27H31N5O4. The molecule has 3 N–H and O–H groups in total. The summed E-state index contributed by atoms with van der Waals surface area (Å²) in [6.07, 6.45) is -0.642. The molecular weight excluding hydrogens is 458 g/mol. The molecule has 1 aliphatic rings. The van der Waals surface area contributed by atoms with E-state index in [0.717, 1.165) is 5.69 Å². The summed E-state index contributed by atoms with van der Waals surface area (Å²) in [6.45, 7) is 7.81. The minimum atomic E-state index is -0.675. The molecule has 2 heterocycles. The number of ether oxygens (including phenoxy) is 1. The van der Waals surface area contributed by atoms with Gasteiger partial charge in [0.1, 0.15) is 22.9 Å². The number of nitrogens with zero attached hydrogens (tertiary/aromatic N) is 3. The van der Waals surface area contributed by atoms with Crippen LogP contribution < -0.4 is 15.5 Å². The van der Waals surface area contributed by atoms with Crippen molar-refractivity contribution in [3.63, 3.8) is 0 Å². The van der Waals surface area contributed by atoms with Crippen molar-refractivity contribution in [2.24, 2.45) is 0 Å². The van der Waals surface area contributed by atoms with E-state index in [0.29, 0.717) is 43.4 Å². The largest absolute Gasteiger partial charge is 0.506 e. The summed E-state index contributed by atoms with van der Waals surface area (Å²) >= 11 is 0. The Morgan fingerprint density at radius 3 is 2.28 bits per heavy atom. The van der Waals surface area contributed by atoms with Crippen LogP contribution in [-0.2, 0) is 4.74 Å². The summed E-state index contributed by atoms with van der Waals surface area (Å²) in [4.78, 5) is 34.3. The molecule has 2 aromatic carbocycles. The van der Waals surface area contributed by atoms with Gasteiger partial charge >= 0.3 is 6.09 Å². The quantitative estimate of drug-likeness (QED) is 0.440. The number of anilines is 4. The highest BCUT2D eigenvalue weighted by atomic mass is 16.6. The minimum absolute atomic E-state index is 0.0368. The number of hydrogen-bond donors (Lipinski definition) is 3. The van der Waals surface area contributed by atoms with Crippen LogP contribution in [-0.4, -0.2) is 58.8 Å². The lowest BCUT2D eigenvalue weighted by Crippen LogP contribution is -2.49. The molecule has 0 saturated carbocycles. The molecule has 188 valence electrons. The molecule has 0 bridgehead atoms. The van der Waals surface area contributed by atoms with Gasteiger partial charge in [0.2, 0.25) is 0 Å². The normalized spacial score (nSPS) is 13.8. The van der Waals surface area contributed by atoms with Crippen LogP contribution in [0.25, 0.3) is 0 Å². The molecule has 0 radical (unpaired) electrons. The second kappa shape index (κ2) is 10.6. The molecule has 1 aromatic heterocycles. The summed E-state index contributed by atoms with van der Waals surface area (Å²) in [5, 5.41) is 15.9. The number of aromatic nitrogens is 1. The Labute approximate surface area is 210 Å². The number of hydrogen-bond acceptors (Lipinski definition) is 7. The van der Waals surface area contributed by atoms with Crippen LogP contribution in [0.2, 0.25) is 0 Å². The van der Waals surface area contributed by atoms with Crippen LogP contribution in [0.3, 0.4) is 0 Å². The van der Waals surface area contributed by atoms with Crippen LogP contribution in [0.4, 0.5) is 27.7 Å². The summed E-state index contributed by atoms with van der Waals surface area (Å²) in [7, 11) is 0. The van der Waals surface area contributed by atoms with Gasteiger partial charge in [-0.15, -0.1) is 0 Å². The second-order valence-electron chi connectivity index (χ2n) is 9.51. The summed E-state index contributed by atoms with van der Waals surface area (Å²) in [6, 6.07) is 19.9. The molecule has 3 aromatic rings. The third-order valence-corrected chi connectivity index (χ3v) is 5.54. The molecule has 0 aliphatic carbocycles. The lowest BCUT2D eigenvalue weighted by atomic mass is 10.2. The SMILES string of the molecule is CC(C)(C)OC(=O)Nc1cc(Nc2ccccc2O)nc(C(=O)N2CCN(c3ccccc3)CC2)c1. The predicted octanol–water partition coefficient (Wildman–Crippen LogP) is 4.84. The fraction of sp³-hybridized carbons (Fsp3) is 0.296. The van der Waals surface area contributed by atoms with Crippen LogP contribution in [0, 0.1) is 0 Å². The number of phenolic OH excluding ortho intramolecular Hbond substituents is 1. The van der Waals surface area contributed by atoms with Crippen molar-refractivity contribution in [3.8, 4) is 5.75 Å². The third-order valence-electron chi connectivity index (χ3n) is 5.54. The Hall–Kier alpha value is -4.27. The number of para-hydroxylation sites is 3. The van der Waals surface area contributed by atoms with Crippen molar-refractivity contribution in [2.45, 2.75) is 26.4 Å². The van der Waals surface area contributed by atoms with Crippen LogP contribution in [0.15, 0.2) is 66.7 Å². The van der Waals surface area contributed by atoms with Gasteiger partial charge in [-0.3, -0.25) is 10.1 Å². The number of aromatic hydroxyl groups is 1. The number of carbonyl (C=O) groups is 2. The Kier molecular flexibility index (Phi) is 7.28. The predicted molar refractivity (Wildman–Crippen MR) is 140 cm³/mol. The average molecular weight is 490 g/mol. The maximum Gasteiger partial charge on any atom is 0.412 e. The zero-order valence-electron chi connectivity index (χ0n) is 20.7. The van der Waals surface area contributed by atoms with E-state index in [9.17, 15) is 14.7 Å². The molecule has 0 unspecified atom stereocenters. The molecule has 0 atom stereocenters. The number of carbonyl (C=O) groups excluding carboxylic acids is 2. The number of rotatable bonds is 5. The van der Waals surface area contributed by atoms with Crippen molar-refractivity contribution in [2.75, 3.05) is 41.7 Å². The smallest absolute Gasteiger partial charge is 0.412 e. The monoisotopic (exact) mass is 489 g/mol. The van der Waals surface area contributed by atoms with E-state index in [4.69, 9.17) is 4.74 Å². The number of amides is 2. The van der Waals surface area contributed by atoms with Gasteiger partial charge in [0.15, 0.2) is 0 Å². The summed E-state index contributed by atoms with van der Waals surface area (Å²) < 4.78 is 5.36. The van der Waals surface area contributed by atoms with Gasteiger partial charge in [-0.2, -0.15) is 0 Å². The van der Waals surface area contributed by atoms with E-state index in [1.165, 1.54) is 6.07 Å². The first-order valence-electron chi connectivity index (χ1n) is 11.8. The van der Waals surface area contributed by atoms with E-state index in [1.54, 1.807) is 56.0 Å². The zero-order valence-corrected chi connectivity index (χ0v) is 20.7. The van der Waals surface area contributed by atoms with Crippen molar-refractivity contribution in [3.05, 3.63) is 72.4 Å². The lowest BCUT2D eigenvalue weighted by Gasteiger charge is -2.36. The molecule has 9 heteroatoms. The van der Waals surface area contributed by atoms with E-state index in [2.05, 4.69) is 32.7 Å². The first-order chi connectivity index (χ1) is 17.2. The van der Waals surface area contributed by atoms with Gasteiger partial charge in [-0.25, -0.2) is 9.78 Å². The third kappa shape index (κ3) is 6.44. The first kappa shape index (κ1) is 24.8. The lowest BCUT2D eigenvalue weighted by molar-refractivity contribution is 0.0634. The molecule has 9 nitrogen and oxygen atoms in total. The highest BCUT2D eigenvalue weighted by molar-refractivity contribution is 5.95. The highest BCUT2D eigenvalue weighted by Gasteiger charge is 2.25. The van der Waals surface area contributed by atoms with Gasteiger partial charge in [0.25, 0.3) is 5.91 Å². The second-order valence-corrected chi connectivity index (χ2v) is 9.51. The maximum absolute atomic E-state index is 13.4. The Morgan fingerprint density at radius 2 is 1.61 bits per heavy atom. The van der Waals surface area contributed by atoms with Crippen LogP contribution in [0.1, 0.15) is 31.3 Å². The molecule has 1 aliphatic heterocycles. The van der Waals surface area contributed by atoms with Gasteiger partial charge in [0, 0.05) is 37.9 Å². The molecule has 1 fully saturated rings. The Balaban J connectivity index is 1.54. The molecule has 2 amide bonds. The Bertz CT molecular complexity index is 1220. The molecule has 0 spiro atoms. The summed E-state index contributed by atoms with van der Waals surface area (Å²) in [5.74, 6) is 0.0990. The number of nitrogens with one attached hydrogen (secondary N) is 2. The molecule has 36 heavy (non-hydrogen) atoms. The molecule has 4 rings (SSSR count). The van der Waals surface area contributed by atoms with E-state index in [1.807, 2.05) is 18.2 Å². The fourth-order valence-electron chi connectivity index (χ4n) is 3.88. The minimum Gasteiger partial charge on any atom is -0.506 e. The van der Waals surface area contributed by atoms with Gasteiger partial charge in [-0.05, 0) is 51.1 Å². The van der Waals surface area contributed by atoms with Crippen LogP contribution >= 0.6 is 0 Å². The van der Waals surface area contributed by atoms with Gasteiger partial charge in [-0.1, -0.05) is 30.3 Å². The zero-order chi connectivity index (χ0) is 25.7. The Morgan fingerprint density at radius 1 is 0.944 bits per heavy atom. The van der Waals surface area contributed by atoms with Crippen molar-refractivity contribution >= 4 is 34.9 Å². The fourth-order valence-corrected chi connectivity index (χ4v) is 3.88. The standard InChI is InChI=1S/C27H31N5O4/c1-27(2,3)36-26(35)28-19-17-22(30-24(18-19)29-21-11-7-8-12-23(21)33)25(34)32-15-13-31(14-16-32)20-9-5-4-6-10-20/h4-12,17-18,33H,13-16H2,1-3H3,(H2,28,29,30,35). The first-order valence-corrected chi connectivity index (χ1v) is 11.8. The number of benzene rings is 2. The van der Waals surface area contributed by atoms with E-state index < -0.39 is 11.7 Å². The number of piperazine rings is 1. The van der Waals surface area contributed by atoms with E-state index >= 15 is 0 Å². The van der Waals surface area contributed by atoms with Crippen molar-refractivity contribution in [1.29, 1.82) is 0 Å². The van der Waals surface area contributed by atoms with Crippen LogP contribution in [0.5, 0.6) is 5.75 Å².